The van der Waals surface area contributed by atoms with Crippen molar-refractivity contribution >= 4 is 21.8 Å². The van der Waals surface area contributed by atoms with E-state index in [1.807, 2.05) is 20.8 Å². The van der Waals surface area contributed by atoms with E-state index in [1.54, 1.807) is 12.1 Å². The topological polar surface area (TPSA) is 134 Å². The number of ether oxygens (including phenoxy) is 2. The second-order valence-corrected chi connectivity index (χ2v) is 10.9. The van der Waals surface area contributed by atoms with Gasteiger partial charge in [-0.15, -0.1) is 0 Å². The first-order chi connectivity index (χ1) is 17.5. The summed E-state index contributed by atoms with van der Waals surface area (Å²) in [5.41, 5.74) is 0.449. The fraction of sp³-hybridized carbons (Fsp3) is 0.462. The summed E-state index contributed by atoms with van der Waals surface area (Å²) in [5.74, 6) is 0.00637. The quantitative estimate of drug-likeness (QED) is 0.338. The molecule has 204 valence electrons. The van der Waals surface area contributed by atoms with Crippen molar-refractivity contribution in [2.75, 3.05) is 40.4 Å². The number of rotatable bonds is 14. The van der Waals surface area contributed by atoms with Crippen LogP contribution in [0.3, 0.4) is 0 Å². The lowest BCUT2D eigenvalue weighted by molar-refractivity contribution is 0.0898. The average Bonchev–Trinajstić information content (AvgIpc) is 2.89. The first-order valence-corrected chi connectivity index (χ1v) is 13.5. The Labute approximate surface area is 219 Å². The molecule has 0 saturated heterocycles. The third kappa shape index (κ3) is 8.73. The molecular weight excluding hydrogens is 498 g/mol. The molecule has 0 unspecified atom stereocenters. The van der Waals surface area contributed by atoms with Gasteiger partial charge < -0.3 is 25.2 Å². The van der Waals surface area contributed by atoms with Crippen molar-refractivity contribution in [3.63, 3.8) is 0 Å². The van der Waals surface area contributed by atoms with Gasteiger partial charge in [-0.2, -0.15) is 4.31 Å². The largest absolute Gasteiger partial charge is 0.497 e. The van der Waals surface area contributed by atoms with Gasteiger partial charge in [-0.1, -0.05) is 20.8 Å². The van der Waals surface area contributed by atoms with Crippen LogP contribution in [-0.2, 0) is 10.0 Å². The zero-order valence-corrected chi connectivity index (χ0v) is 22.8. The average molecular weight is 536 g/mol. The van der Waals surface area contributed by atoms with Crippen molar-refractivity contribution in [2.24, 2.45) is 5.92 Å². The van der Waals surface area contributed by atoms with E-state index in [2.05, 4.69) is 10.6 Å². The minimum absolute atomic E-state index is 0.00359. The predicted molar refractivity (Wildman–Crippen MR) is 141 cm³/mol. The van der Waals surface area contributed by atoms with Crippen molar-refractivity contribution in [1.29, 1.82) is 0 Å². The molecule has 1 atom stereocenters. The fourth-order valence-corrected chi connectivity index (χ4v) is 5.15. The van der Waals surface area contributed by atoms with Crippen LogP contribution in [0.5, 0.6) is 11.5 Å². The van der Waals surface area contributed by atoms with Gasteiger partial charge in [-0.3, -0.25) is 9.59 Å². The highest BCUT2D eigenvalue weighted by Gasteiger charge is 2.27. The number of nitrogens with zero attached hydrogens (tertiary/aromatic N) is 1. The number of amides is 2. The highest BCUT2D eigenvalue weighted by atomic mass is 32.2. The Morgan fingerprint density at radius 1 is 0.919 bits per heavy atom. The van der Waals surface area contributed by atoms with Crippen molar-refractivity contribution in [1.82, 2.24) is 14.9 Å². The van der Waals surface area contributed by atoms with E-state index in [4.69, 9.17) is 9.47 Å². The van der Waals surface area contributed by atoms with Crippen LogP contribution in [-0.4, -0.2) is 76.1 Å². The molecule has 0 heterocycles. The number of sulfonamides is 1. The van der Waals surface area contributed by atoms with Crippen molar-refractivity contribution in [3.8, 4) is 11.5 Å². The highest BCUT2D eigenvalue weighted by molar-refractivity contribution is 7.89. The van der Waals surface area contributed by atoms with Gasteiger partial charge in [-0.25, -0.2) is 8.42 Å². The lowest BCUT2D eigenvalue weighted by Gasteiger charge is -2.26. The molecule has 0 bridgehead atoms. The van der Waals surface area contributed by atoms with Gasteiger partial charge in [-0.05, 0) is 54.8 Å². The molecule has 0 fully saturated rings. The molecule has 0 aliphatic heterocycles. The summed E-state index contributed by atoms with van der Waals surface area (Å²) in [6.07, 6.45) is -0.406. The van der Waals surface area contributed by atoms with E-state index in [1.165, 1.54) is 48.9 Å². The maximum absolute atomic E-state index is 13.2. The molecule has 2 aromatic rings. The first-order valence-electron chi connectivity index (χ1n) is 12.1. The van der Waals surface area contributed by atoms with Gasteiger partial charge in [0, 0.05) is 37.3 Å². The third-order valence-electron chi connectivity index (χ3n) is 5.38. The Hall–Kier alpha value is -3.15. The fourth-order valence-electron chi connectivity index (χ4n) is 3.51. The van der Waals surface area contributed by atoms with Crippen LogP contribution in [0, 0.1) is 5.92 Å². The van der Waals surface area contributed by atoms with Gasteiger partial charge in [0.2, 0.25) is 10.0 Å². The van der Waals surface area contributed by atoms with Crippen LogP contribution < -0.4 is 20.1 Å². The molecule has 11 heteroatoms. The minimum Gasteiger partial charge on any atom is -0.497 e. The number of aliphatic hydroxyl groups is 1. The molecule has 0 saturated carbocycles. The van der Waals surface area contributed by atoms with Crippen LogP contribution in [0.25, 0.3) is 0 Å². The van der Waals surface area contributed by atoms with E-state index >= 15 is 0 Å². The third-order valence-corrected chi connectivity index (χ3v) is 7.23. The molecule has 0 aromatic heterocycles. The lowest BCUT2D eigenvalue weighted by Crippen LogP contribution is -2.44. The van der Waals surface area contributed by atoms with Crippen molar-refractivity contribution < 1.29 is 32.6 Å². The highest BCUT2D eigenvalue weighted by Crippen LogP contribution is 2.21. The Morgan fingerprint density at radius 2 is 1.49 bits per heavy atom. The standard InChI is InChI=1S/C26H37N3O7S/c1-6-11-27-25(31)19-12-20(14-23(13-19)36-5)26(32)28-15-21(30)17-29(16-18(2)3)37(33,34)24-9-7-22(35-4)8-10-24/h7-10,12-14,18,21,30H,6,11,15-17H2,1-5H3,(H,27,31)(H,28,32)/t21-/m0/s1. The van der Waals surface area contributed by atoms with E-state index in [9.17, 15) is 23.1 Å². The summed E-state index contributed by atoms with van der Waals surface area (Å²) >= 11 is 0. The number of carbonyl (C=O) groups excluding carboxylic acids is 2. The number of hydrogen-bond donors (Lipinski definition) is 3. The Morgan fingerprint density at radius 3 is 2.00 bits per heavy atom. The number of carbonyl (C=O) groups is 2. The Kier molecular flexibility index (Phi) is 11.4. The second kappa shape index (κ2) is 14.0. The maximum atomic E-state index is 13.2. The maximum Gasteiger partial charge on any atom is 0.251 e. The summed E-state index contributed by atoms with van der Waals surface area (Å²) in [5, 5.41) is 16.0. The summed E-state index contributed by atoms with van der Waals surface area (Å²) < 4.78 is 38.0. The monoisotopic (exact) mass is 535 g/mol. The lowest BCUT2D eigenvalue weighted by atomic mass is 10.1. The summed E-state index contributed by atoms with van der Waals surface area (Å²) in [4.78, 5) is 25.2. The molecule has 10 nitrogen and oxygen atoms in total. The van der Waals surface area contributed by atoms with Crippen LogP contribution in [0.15, 0.2) is 47.4 Å². The number of aliphatic hydroxyl groups excluding tert-OH is 1. The molecular formula is C26H37N3O7S. The summed E-state index contributed by atoms with van der Waals surface area (Å²) in [7, 11) is -0.970. The first kappa shape index (κ1) is 30.1. The second-order valence-electron chi connectivity index (χ2n) is 8.96. The Bertz CT molecular complexity index is 1150. The van der Waals surface area contributed by atoms with Crippen molar-refractivity contribution in [3.05, 3.63) is 53.6 Å². The van der Waals surface area contributed by atoms with Gasteiger partial charge in [0.05, 0.1) is 25.2 Å². The predicted octanol–water partition coefficient (Wildman–Crippen LogP) is 2.28. The number of hydrogen-bond acceptors (Lipinski definition) is 7. The summed E-state index contributed by atoms with van der Waals surface area (Å²) in [6.45, 7) is 5.96. The molecule has 0 aliphatic carbocycles. The van der Waals surface area contributed by atoms with E-state index < -0.39 is 22.0 Å². The number of nitrogens with one attached hydrogen (secondary N) is 2. The van der Waals surface area contributed by atoms with Gasteiger partial charge in [0.1, 0.15) is 11.5 Å². The van der Waals surface area contributed by atoms with Crippen molar-refractivity contribution in [2.45, 2.75) is 38.2 Å². The molecule has 2 amide bonds. The zero-order chi connectivity index (χ0) is 27.6. The zero-order valence-electron chi connectivity index (χ0n) is 22.0. The molecule has 0 spiro atoms. The molecule has 2 rings (SSSR count). The molecule has 3 N–H and O–H groups in total. The van der Waals surface area contributed by atoms with Crippen LogP contribution in [0.1, 0.15) is 47.9 Å². The van der Waals surface area contributed by atoms with Gasteiger partial charge >= 0.3 is 0 Å². The van der Waals surface area contributed by atoms with E-state index in [0.717, 1.165) is 6.42 Å². The van der Waals surface area contributed by atoms with E-state index in [0.29, 0.717) is 18.0 Å². The van der Waals surface area contributed by atoms with Gasteiger partial charge in [0.25, 0.3) is 11.8 Å². The number of methoxy groups -OCH3 is 2. The molecule has 0 aliphatic rings. The SMILES string of the molecule is CCCNC(=O)c1cc(OC)cc(C(=O)NC[C@H](O)CN(CC(C)C)S(=O)(=O)c2ccc(OC)cc2)c1. The van der Waals surface area contributed by atoms with E-state index in [-0.39, 0.29) is 47.5 Å². The Balaban J connectivity index is 2.12. The smallest absolute Gasteiger partial charge is 0.251 e. The number of benzene rings is 2. The molecule has 0 radical (unpaired) electrons. The van der Waals surface area contributed by atoms with Crippen LogP contribution >= 0.6 is 0 Å². The normalized spacial score (nSPS) is 12.3. The minimum atomic E-state index is -3.89. The molecule has 2 aromatic carbocycles. The van der Waals surface area contributed by atoms with Gasteiger partial charge in [0.15, 0.2) is 0 Å². The summed E-state index contributed by atoms with van der Waals surface area (Å²) in [6, 6.07) is 10.5. The van der Waals surface area contributed by atoms with Crippen LogP contribution in [0.2, 0.25) is 0 Å². The van der Waals surface area contributed by atoms with Crippen LogP contribution in [0.4, 0.5) is 0 Å². The molecule has 37 heavy (non-hydrogen) atoms.